The predicted octanol–water partition coefficient (Wildman–Crippen LogP) is 11.7. The summed E-state index contributed by atoms with van der Waals surface area (Å²) in [6, 6.07) is 5.33. The van der Waals surface area contributed by atoms with E-state index in [0.717, 1.165) is 19.4 Å². The number of carbonyl (C=O) groups excluding carboxylic acids is 1. The van der Waals surface area contributed by atoms with Crippen molar-refractivity contribution >= 4 is 49.8 Å². The van der Waals surface area contributed by atoms with Gasteiger partial charge in [-0.2, -0.15) is 9.97 Å². The molecule has 7 rings (SSSR count). The van der Waals surface area contributed by atoms with Gasteiger partial charge in [-0.15, -0.1) is 5.54 Å². The third-order valence-electron chi connectivity index (χ3n) is 15.5. The lowest BCUT2D eigenvalue weighted by molar-refractivity contribution is -0.119. The van der Waals surface area contributed by atoms with E-state index >= 15 is 8.78 Å². The van der Waals surface area contributed by atoms with E-state index in [1.54, 1.807) is 24.0 Å². The Morgan fingerprint density at radius 3 is 2.18 bits per heavy atom. The van der Waals surface area contributed by atoms with Crippen LogP contribution in [0.3, 0.4) is 0 Å². The minimum Gasteiger partial charge on any atom is -0.543 e. The standard InChI is InChI=1S/C51H71F3N6O4Si2/c1-28(2)65(29(3)4,30(5)6)21-18-39-41(53)17-16-36-22-38(64-66(31(7)8,32(9)10)33(11)12)23-40(42(36)39)45-44(54)46-43-48(60(35(14)47(55)61)34(13)26-62-49(43)56-45)58-50(57-46)63-27-51-19-15-20-59(51)25-37(52)24-51/h16-17,22-23,28-35,37H,15,19-20,24-27H2,1-14H3,(H2,55,61)/t34-,35?,37+,51-/m0/s1. The summed E-state index contributed by atoms with van der Waals surface area (Å²) in [6.45, 7) is 31.2. The Morgan fingerprint density at radius 1 is 0.924 bits per heavy atom. The van der Waals surface area contributed by atoms with Crippen molar-refractivity contribution in [3.8, 4) is 40.4 Å². The van der Waals surface area contributed by atoms with Crippen LogP contribution in [0.1, 0.15) is 122 Å². The van der Waals surface area contributed by atoms with Crippen LogP contribution in [0.15, 0.2) is 24.3 Å². The molecule has 358 valence electrons. The van der Waals surface area contributed by atoms with Crippen LogP contribution >= 0.6 is 0 Å². The maximum absolute atomic E-state index is 18.3. The van der Waals surface area contributed by atoms with E-state index in [2.05, 4.69) is 99.4 Å². The van der Waals surface area contributed by atoms with E-state index in [-0.39, 0.29) is 91.9 Å². The number of aromatic nitrogens is 3. The number of ether oxygens (including phenoxy) is 2. The molecule has 2 fully saturated rings. The molecule has 0 spiro atoms. The molecule has 1 amide bonds. The van der Waals surface area contributed by atoms with Crippen molar-refractivity contribution < 1.29 is 31.9 Å². The van der Waals surface area contributed by atoms with Gasteiger partial charge in [0.15, 0.2) is 5.82 Å². The molecule has 5 heterocycles. The summed E-state index contributed by atoms with van der Waals surface area (Å²) < 4.78 is 70.1. The second-order valence-corrected chi connectivity index (χ2v) is 32.2. The summed E-state index contributed by atoms with van der Waals surface area (Å²) in [4.78, 5) is 31.3. The molecule has 0 saturated carbocycles. The van der Waals surface area contributed by atoms with Crippen LogP contribution in [0.2, 0.25) is 33.2 Å². The van der Waals surface area contributed by atoms with Gasteiger partial charge >= 0.3 is 6.01 Å². The van der Waals surface area contributed by atoms with E-state index in [9.17, 15) is 9.18 Å². The first-order valence-electron chi connectivity index (χ1n) is 24.1. The summed E-state index contributed by atoms with van der Waals surface area (Å²) in [5.41, 5.74) is 10.8. The van der Waals surface area contributed by atoms with Crippen LogP contribution in [0.4, 0.5) is 19.0 Å². The topological polar surface area (TPSA) is 116 Å². The molecule has 2 N–H and O–H groups in total. The molecule has 2 aromatic heterocycles. The minimum atomic E-state index is -2.58. The Labute approximate surface area is 392 Å². The number of hydrogen-bond acceptors (Lipinski definition) is 9. The lowest BCUT2D eigenvalue weighted by Crippen LogP contribution is -2.50. The lowest BCUT2D eigenvalue weighted by atomic mass is 9.95. The van der Waals surface area contributed by atoms with Crippen LogP contribution in [0.25, 0.3) is 32.9 Å². The summed E-state index contributed by atoms with van der Waals surface area (Å²) in [5.74, 6) is 2.16. The van der Waals surface area contributed by atoms with E-state index in [4.69, 9.17) is 34.6 Å². The van der Waals surface area contributed by atoms with Gasteiger partial charge in [0, 0.05) is 23.9 Å². The maximum atomic E-state index is 18.3. The van der Waals surface area contributed by atoms with Crippen molar-refractivity contribution in [3.63, 3.8) is 0 Å². The third-order valence-corrected chi connectivity index (χ3v) is 27.8. The molecule has 10 nitrogen and oxygen atoms in total. The number of nitrogens with zero attached hydrogens (tertiary/aromatic N) is 5. The number of benzene rings is 2. The molecule has 0 radical (unpaired) electrons. The minimum absolute atomic E-state index is 0.0372. The Balaban J connectivity index is 1.55. The first-order chi connectivity index (χ1) is 31.0. The highest BCUT2D eigenvalue weighted by Gasteiger charge is 2.50. The zero-order valence-electron chi connectivity index (χ0n) is 41.5. The number of carbonyl (C=O) groups is 1. The second kappa shape index (κ2) is 18.6. The molecule has 0 aliphatic carbocycles. The van der Waals surface area contributed by atoms with Gasteiger partial charge in [-0.1, -0.05) is 95.1 Å². The zero-order valence-corrected chi connectivity index (χ0v) is 43.5. The molecule has 2 aromatic carbocycles. The number of hydrogen-bond donors (Lipinski definition) is 1. The molecule has 1 unspecified atom stereocenters. The fraction of sp³-hybridized carbons (Fsp3) is 0.608. The molecule has 66 heavy (non-hydrogen) atoms. The average Bonchev–Trinajstić information content (AvgIpc) is 3.72. The first kappa shape index (κ1) is 49.5. The monoisotopic (exact) mass is 945 g/mol. The van der Waals surface area contributed by atoms with Crippen LogP contribution in [-0.4, -0.2) is 92.2 Å². The van der Waals surface area contributed by atoms with E-state index in [1.165, 1.54) is 6.07 Å². The number of anilines is 1. The molecule has 3 aliphatic rings. The van der Waals surface area contributed by atoms with Crippen molar-refractivity contribution in [2.45, 2.75) is 173 Å². The van der Waals surface area contributed by atoms with Gasteiger partial charge in [-0.05, 0) is 90.1 Å². The number of nitrogens with two attached hydrogens (primary N) is 1. The molecular formula is C51H71F3N6O4Si2. The predicted molar refractivity (Wildman–Crippen MR) is 264 cm³/mol. The van der Waals surface area contributed by atoms with Crippen molar-refractivity contribution in [2.24, 2.45) is 5.73 Å². The van der Waals surface area contributed by atoms with Crippen LogP contribution < -0.4 is 24.5 Å². The lowest BCUT2D eigenvalue weighted by Gasteiger charge is -2.42. The Kier molecular flexibility index (Phi) is 13.9. The van der Waals surface area contributed by atoms with Gasteiger partial charge in [-0.25, -0.2) is 18.2 Å². The van der Waals surface area contributed by atoms with Gasteiger partial charge in [0.25, 0.3) is 8.32 Å². The highest BCUT2D eigenvalue weighted by atomic mass is 28.4. The molecule has 2 saturated heterocycles. The number of pyridine rings is 1. The third kappa shape index (κ3) is 8.35. The van der Waals surface area contributed by atoms with Gasteiger partial charge in [0.1, 0.15) is 67.5 Å². The van der Waals surface area contributed by atoms with Crippen LogP contribution in [0, 0.1) is 23.1 Å². The van der Waals surface area contributed by atoms with E-state index < -0.39 is 57.7 Å². The fourth-order valence-corrected chi connectivity index (χ4v) is 22.9. The Morgan fingerprint density at radius 2 is 1.58 bits per heavy atom. The maximum Gasteiger partial charge on any atom is 0.319 e. The number of rotatable bonds is 14. The average molecular weight is 945 g/mol. The highest BCUT2D eigenvalue weighted by molar-refractivity contribution is 6.90. The summed E-state index contributed by atoms with van der Waals surface area (Å²) in [5, 5.41) is 1.16. The highest BCUT2D eigenvalue weighted by Crippen LogP contribution is 2.48. The molecule has 4 atom stereocenters. The summed E-state index contributed by atoms with van der Waals surface area (Å²) in [6.07, 6.45) is 0.970. The number of amides is 1. The zero-order chi connectivity index (χ0) is 48.4. The Bertz CT molecular complexity index is 2520. The van der Waals surface area contributed by atoms with Gasteiger partial charge in [0.05, 0.1) is 17.1 Å². The van der Waals surface area contributed by atoms with Crippen molar-refractivity contribution in [2.75, 3.05) is 31.2 Å². The SMILES string of the molecule is CC(C(N)=O)N1c2nc(OC[C@@]34CCCN3C[C@H](F)C4)nc3c(F)c(-c4cc(O[Si](C(C)C)(C(C)C)C(C)C)cc5ccc(F)c(C#C[Si](C(C)C)(C(C)C)C(C)C)c45)nc(c23)OC[C@@H]1C. The number of alkyl halides is 1. The fourth-order valence-electron chi connectivity index (χ4n) is 12.4. The number of primary amides is 1. The largest absolute Gasteiger partial charge is 0.543 e. The van der Waals surface area contributed by atoms with Crippen LogP contribution in [-0.2, 0) is 4.79 Å². The van der Waals surface area contributed by atoms with Gasteiger partial charge < -0.3 is 24.5 Å². The molecule has 3 aliphatic heterocycles. The Hall–Kier alpha value is -4.40. The van der Waals surface area contributed by atoms with E-state index in [0.29, 0.717) is 29.5 Å². The normalized spacial score (nSPS) is 20.7. The van der Waals surface area contributed by atoms with Gasteiger partial charge in [0.2, 0.25) is 11.8 Å². The van der Waals surface area contributed by atoms with Crippen LogP contribution in [0.5, 0.6) is 17.6 Å². The molecule has 0 bridgehead atoms. The molecule has 4 aromatic rings. The quantitative estimate of drug-likeness (QED) is 0.0974. The molecular weight excluding hydrogens is 874 g/mol. The molecule has 15 heteroatoms. The van der Waals surface area contributed by atoms with Crippen molar-refractivity contribution in [1.82, 2.24) is 19.9 Å². The number of fused-ring (bicyclic) bond motifs is 2. The van der Waals surface area contributed by atoms with Gasteiger partial charge in [-0.3, -0.25) is 9.69 Å². The van der Waals surface area contributed by atoms with E-state index in [1.807, 2.05) is 13.0 Å². The smallest absolute Gasteiger partial charge is 0.319 e. The van der Waals surface area contributed by atoms with Crippen molar-refractivity contribution in [1.29, 1.82) is 0 Å². The number of halogens is 3. The second-order valence-electron chi connectivity index (χ2n) is 21.2. The first-order valence-corrected chi connectivity index (χ1v) is 28.5. The summed E-state index contributed by atoms with van der Waals surface area (Å²) >= 11 is 0. The van der Waals surface area contributed by atoms with Crippen molar-refractivity contribution in [3.05, 3.63) is 41.5 Å². The summed E-state index contributed by atoms with van der Waals surface area (Å²) in [7, 11) is -4.96.